The maximum absolute atomic E-state index is 13.4. The highest BCUT2D eigenvalue weighted by atomic mass is 32.2. The van der Waals surface area contributed by atoms with E-state index in [-0.39, 0.29) is 5.69 Å². The van der Waals surface area contributed by atoms with Gasteiger partial charge in [0.2, 0.25) is 11.1 Å². The first-order chi connectivity index (χ1) is 10.5. The molecular weight excluding hydrogens is 311 g/mol. The van der Waals surface area contributed by atoms with Crippen LogP contribution in [0.1, 0.15) is 6.92 Å². The minimum atomic E-state index is -0.807. The number of amides is 3. The van der Waals surface area contributed by atoms with E-state index in [1.54, 1.807) is 20.0 Å². The second-order valence-electron chi connectivity index (χ2n) is 4.27. The molecular formula is C12H13FN6O2S. The van der Waals surface area contributed by atoms with Gasteiger partial charge in [0.05, 0.1) is 10.9 Å². The summed E-state index contributed by atoms with van der Waals surface area (Å²) in [6.45, 7) is 1.60. The topological polar surface area (TPSA) is 102 Å². The summed E-state index contributed by atoms with van der Waals surface area (Å²) in [4.78, 5) is 23.6. The highest BCUT2D eigenvalue weighted by Crippen LogP contribution is 2.19. The number of hydrogen-bond acceptors (Lipinski definition) is 6. The number of aromatic nitrogens is 4. The molecule has 22 heavy (non-hydrogen) atoms. The molecule has 0 aliphatic rings. The van der Waals surface area contributed by atoms with Crippen LogP contribution in [0.5, 0.6) is 0 Å². The number of nitrogens with one attached hydrogen (secondary N) is 2. The van der Waals surface area contributed by atoms with E-state index in [0.29, 0.717) is 5.16 Å². The van der Waals surface area contributed by atoms with E-state index >= 15 is 0 Å². The zero-order valence-electron chi connectivity index (χ0n) is 11.8. The molecule has 1 aromatic heterocycles. The van der Waals surface area contributed by atoms with Crippen LogP contribution >= 0.6 is 11.8 Å². The van der Waals surface area contributed by atoms with Crippen LogP contribution in [-0.2, 0) is 11.8 Å². The number of anilines is 1. The summed E-state index contributed by atoms with van der Waals surface area (Å²) in [5.41, 5.74) is -0.00870. The third kappa shape index (κ3) is 4.01. The molecule has 0 fully saturated rings. The fraction of sp³-hybridized carbons (Fsp3) is 0.250. The zero-order chi connectivity index (χ0) is 16.1. The van der Waals surface area contributed by atoms with Gasteiger partial charge in [-0.25, -0.2) is 13.9 Å². The van der Waals surface area contributed by atoms with Crippen molar-refractivity contribution in [3.8, 4) is 0 Å². The molecule has 0 unspecified atom stereocenters. The van der Waals surface area contributed by atoms with Crippen LogP contribution in [0.3, 0.4) is 0 Å². The molecule has 0 aliphatic carbocycles. The lowest BCUT2D eigenvalue weighted by Crippen LogP contribution is -2.39. The first kappa shape index (κ1) is 15.9. The van der Waals surface area contributed by atoms with Gasteiger partial charge in [-0.3, -0.25) is 10.1 Å². The van der Waals surface area contributed by atoms with Crippen LogP contribution in [-0.4, -0.2) is 37.4 Å². The number of carbonyl (C=O) groups is 2. The summed E-state index contributed by atoms with van der Waals surface area (Å²) in [6.07, 6.45) is 0. The lowest BCUT2D eigenvalue weighted by Gasteiger charge is -2.11. The fourth-order valence-corrected chi connectivity index (χ4v) is 2.22. The Kier molecular flexibility index (Phi) is 5.04. The molecule has 8 nitrogen and oxygen atoms in total. The molecule has 0 saturated heterocycles. The van der Waals surface area contributed by atoms with Crippen molar-refractivity contribution in [1.29, 1.82) is 0 Å². The largest absolute Gasteiger partial charge is 0.325 e. The molecule has 0 aliphatic heterocycles. The maximum atomic E-state index is 13.4. The Morgan fingerprint density at radius 1 is 1.36 bits per heavy atom. The summed E-state index contributed by atoms with van der Waals surface area (Å²) in [5.74, 6) is -1.13. The maximum Gasteiger partial charge on any atom is 0.325 e. The molecule has 0 spiro atoms. The van der Waals surface area contributed by atoms with Crippen molar-refractivity contribution in [1.82, 2.24) is 25.5 Å². The Bertz CT molecular complexity index is 692. The van der Waals surface area contributed by atoms with Gasteiger partial charge in [0, 0.05) is 7.05 Å². The molecule has 2 rings (SSSR count). The van der Waals surface area contributed by atoms with Crippen LogP contribution in [0, 0.1) is 5.82 Å². The first-order valence-corrected chi connectivity index (χ1v) is 7.10. The van der Waals surface area contributed by atoms with E-state index in [4.69, 9.17) is 0 Å². The third-order valence-electron chi connectivity index (χ3n) is 2.59. The first-order valence-electron chi connectivity index (χ1n) is 6.22. The standard InChI is InChI=1S/C12H13FN6O2S/c1-7(22-12-16-17-18-19(12)2)10(20)15-11(21)14-9-6-4-3-5-8(9)13/h3-7H,1-2H3,(H2,14,15,20,21)/t7-/m0/s1. The molecule has 1 heterocycles. The average Bonchev–Trinajstić information content (AvgIpc) is 2.86. The number of nitrogens with zero attached hydrogens (tertiary/aromatic N) is 4. The summed E-state index contributed by atoms with van der Waals surface area (Å²) in [5, 5.41) is 15.1. The molecule has 0 bridgehead atoms. The number of halogens is 1. The predicted molar refractivity (Wildman–Crippen MR) is 77.7 cm³/mol. The molecule has 1 atom stereocenters. The highest BCUT2D eigenvalue weighted by molar-refractivity contribution is 8.00. The van der Waals surface area contributed by atoms with Crippen molar-refractivity contribution in [2.75, 3.05) is 5.32 Å². The van der Waals surface area contributed by atoms with Crippen LogP contribution in [0.2, 0.25) is 0 Å². The van der Waals surface area contributed by atoms with Gasteiger partial charge in [0.15, 0.2) is 0 Å². The van der Waals surface area contributed by atoms with Crippen molar-refractivity contribution < 1.29 is 14.0 Å². The Labute approximate surface area is 129 Å². The van der Waals surface area contributed by atoms with Crippen LogP contribution < -0.4 is 10.6 Å². The quantitative estimate of drug-likeness (QED) is 0.819. The van der Waals surface area contributed by atoms with E-state index in [9.17, 15) is 14.0 Å². The van der Waals surface area contributed by atoms with Gasteiger partial charge in [-0.05, 0) is 29.5 Å². The van der Waals surface area contributed by atoms with E-state index in [1.165, 1.54) is 22.9 Å². The van der Waals surface area contributed by atoms with Gasteiger partial charge in [-0.15, -0.1) is 5.10 Å². The van der Waals surface area contributed by atoms with Crippen LogP contribution in [0.25, 0.3) is 0 Å². The average molecular weight is 324 g/mol. The minimum Gasteiger partial charge on any atom is -0.305 e. The molecule has 116 valence electrons. The van der Waals surface area contributed by atoms with Crippen molar-refractivity contribution in [2.45, 2.75) is 17.3 Å². The summed E-state index contributed by atoms with van der Waals surface area (Å²) in [6, 6.07) is 4.86. The summed E-state index contributed by atoms with van der Waals surface area (Å²) < 4.78 is 14.8. The van der Waals surface area contributed by atoms with E-state index < -0.39 is 23.0 Å². The number of para-hydroxylation sites is 1. The second-order valence-corrected chi connectivity index (χ2v) is 5.58. The van der Waals surface area contributed by atoms with Crippen molar-refractivity contribution in [3.63, 3.8) is 0 Å². The van der Waals surface area contributed by atoms with Crippen LogP contribution in [0.4, 0.5) is 14.9 Å². The lowest BCUT2D eigenvalue weighted by atomic mass is 10.3. The highest BCUT2D eigenvalue weighted by Gasteiger charge is 2.20. The van der Waals surface area contributed by atoms with Gasteiger partial charge >= 0.3 is 6.03 Å². The minimum absolute atomic E-state index is 0.00870. The van der Waals surface area contributed by atoms with Gasteiger partial charge in [-0.2, -0.15) is 0 Å². The van der Waals surface area contributed by atoms with Gasteiger partial charge < -0.3 is 5.32 Å². The Balaban J connectivity index is 1.90. The monoisotopic (exact) mass is 324 g/mol. The number of imide groups is 1. The zero-order valence-corrected chi connectivity index (χ0v) is 12.6. The van der Waals surface area contributed by atoms with E-state index in [1.807, 2.05) is 0 Å². The number of carbonyl (C=O) groups excluding carboxylic acids is 2. The van der Waals surface area contributed by atoms with Crippen molar-refractivity contribution in [2.24, 2.45) is 7.05 Å². The molecule has 10 heteroatoms. The van der Waals surface area contributed by atoms with Crippen molar-refractivity contribution >= 4 is 29.4 Å². The Morgan fingerprint density at radius 3 is 2.73 bits per heavy atom. The van der Waals surface area contributed by atoms with Gasteiger partial charge in [-0.1, -0.05) is 23.9 Å². The van der Waals surface area contributed by atoms with Gasteiger partial charge in [0.25, 0.3) is 0 Å². The number of benzene rings is 1. The number of rotatable bonds is 4. The normalized spacial score (nSPS) is 11.8. The van der Waals surface area contributed by atoms with Crippen LogP contribution in [0.15, 0.2) is 29.4 Å². The summed E-state index contributed by atoms with van der Waals surface area (Å²) in [7, 11) is 1.64. The molecule has 0 radical (unpaired) electrons. The van der Waals surface area contributed by atoms with E-state index in [2.05, 4.69) is 26.2 Å². The number of tetrazole rings is 1. The number of thioether (sulfide) groups is 1. The molecule has 2 N–H and O–H groups in total. The SMILES string of the molecule is C[C@H](Sc1nnnn1C)C(=O)NC(=O)Nc1ccccc1F. The lowest BCUT2D eigenvalue weighted by molar-refractivity contribution is -0.119. The smallest absolute Gasteiger partial charge is 0.305 e. The number of hydrogen-bond donors (Lipinski definition) is 2. The number of urea groups is 1. The summed E-state index contributed by atoms with van der Waals surface area (Å²) >= 11 is 1.10. The van der Waals surface area contributed by atoms with Crippen molar-refractivity contribution in [3.05, 3.63) is 30.1 Å². The Morgan fingerprint density at radius 2 is 2.09 bits per heavy atom. The second kappa shape index (κ2) is 6.98. The third-order valence-corrected chi connectivity index (χ3v) is 3.72. The van der Waals surface area contributed by atoms with Gasteiger partial charge in [0.1, 0.15) is 5.82 Å². The Hall–Kier alpha value is -2.49. The van der Waals surface area contributed by atoms with E-state index in [0.717, 1.165) is 11.8 Å². The fourth-order valence-electron chi connectivity index (χ4n) is 1.46. The predicted octanol–water partition coefficient (Wildman–Crippen LogP) is 1.18. The molecule has 0 saturated carbocycles. The molecule has 1 aromatic carbocycles. The molecule has 3 amide bonds. The molecule has 2 aromatic rings. The number of aryl methyl sites for hydroxylation is 1.